The summed E-state index contributed by atoms with van der Waals surface area (Å²) in [7, 11) is 7.56. The molecule has 0 bridgehead atoms. The van der Waals surface area contributed by atoms with E-state index in [0.29, 0.717) is 13.2 Å². The molecule has 0 aliphatic heterocycles. The third-order valence-corrected chi connectivity index (χ3v) is 3.93. The highest BCUT2D eigenvalue weighted by molar-refractivity contribution is 5.79. The van der Waals surface area contributed by atoms with Crippen molar-refractivity contribution < 1.29 is 9.47 Å². The highest BCUT2D eigenvalue weighted by atomic mass is 16.5. The molecule has 0 atom stereocenters. The van der Waals surface area contributed by atoms with E-state index in [1.165, 1.54) is 11.1 Å². The molecule has 2 rings (SSSR count). The van der Waals surface area contributed by atoms with Gasteiger partial charge < -0.3 is 25.0 Å². The maximum absolute atomic E-state index is 5.70. The van der Waals surface area contributed by atoms with E-state index in [1.807, 2.05) is 24.3 Å². The van der Waals surface area contributed by atoms with Crippen LogP contribution in [-0.2, 0) is 13.1 Å². The third-order valence-electron chi connectivity index (χ3n) is 3.93. The molecule has 0 heterocycles. The molecule has 0 saturated heterocycles. The largest absolute Gasteiger partial charge is 0.497 e. The van der Waals surface area contributed by atoms with Gasteiger partial charge >= 0.3 is 0 Å². The second-order valence-corrected chi connectivity index (χ2v) is 6.43. The average molecular weight is 370 g/mol. The Morgan fingerprint density at radius 2 is 1.56 bits per heavy atom. The molecule has 0 spiro atoms. The van der Waals surface area contributed by atoms with Crippen molar-refractivity contribution in [2.24, 2.45) is 4.99 Å². The van der Waals surface area contributed by atoms with E-state index >= 15 is 0 Å². The fourth-order valence-corrected chi connectivity index (χ4v) is 2.54. The van der Waals surface area contributed by atoms with Crippen molar-refractivity contribution in [3.05, 3.63) is 59.7 Å². The number of rotatable bonds is 9. The normalized spacial score (nSPS) is 11.4. The number of nitrogens with zero attached hydrogens (tertiary/aromatic N) is 2. The Kier molecular flexibility index (Phi) is 8.45. The number of guanidine groups is 1. The number of methoxy groups -OCH3 is 1. The molecule has 0 unspecified atom stereocenters. The Bertz CT molecular complexity index is 697. The molecule has 6 nitrogen and oxygen atoms in total. The fourth-order valence-electron chi connectivity index (χ4n) is 2.54. The van der Waals surface area contributed by atoms with Crippen LogP contribution in [0.5, 0.6) is 11.5 Å². The molecule has 0 aromatic heterocycles. The van der Waals surface area contributed by atoms with Crippen molar-refractivity contribution in [3.8, 4) is 11.5 Å². The minimum atomic E-state index is 0.548. The van der Waals surface area contributed by atoms with Crippen LogP contribution in [0.1, 0.15) is 11.1 Å². The number of aliphatic imine (C=N–C) groups is 1. The quantitative estimate of drug-likeness (QED) is 0.404. The van der Waals surface area contributed by atoms with Crippen molar-refractivity contribution in [2.45, 2.75) is 13.1 Å². The van der Waals surface area contributed by atoms with Crippen LogP contribution in [0, 0.1) is 0 Å². The number of ether oxygens (including phenoxy) is 2. The van der Waals surface area contributed by atoms with E-state index in [-0.39, 0.29) is 0 Å². The Morgan fingerprint density at radius 3 is 2.15 bits per heavy atom. The van der Waals surface area contributed by atoms with E-state index in [4.69, 9.17) is 9.47 Å². The SMILES string of the molecule is CN=C(NCCOc1ccc(OC)cc1)NCc1ccc(CN(C)C)cc1. The molecule has 2 aromatic carbocycles. The van der Waals surface area contributed by atoms with Gasteiger partial charge in [-0.1, -0.05) is 24.3 Å². The van der Waals surface area contributed by atoms with Gasteiger partial charge in [-0.3, -0.25) is 4.99 Å². The van der Waals surface area contributed by atoms with E-state index in [1.54, 1.807) is 14.2 Å². The average Bonchev–Trinajstić information content (AvgIpc) is 2.68. The van der Waals surface area contributed by atoms with Gasteiger partial charge in [0.2, 0.25) is 0 Å². The van der Waals surface area contributed by atoms with Gasteiger partial charge in [-0.25, -0.2) is 0 Å². The molecule has 0 radical (unpaired) electrons. The second-order valence-electron chi connectivity index (χ2n) is 6.43. The Hall–Kier alpha value is -2.73. The summed E-state index contributed by atoms with van der Waals surface area (Å²) < 4.78 is 10.8. The summed E-state index contributed by atoms with van der Waals surface area (Å²) in [6, 6.07) is 16.2. The van der Waals surface area contributed by atoms with Gasteiger partial charge in [0.15, 0.2) is 5.96 Å². The minimum Gasteiger partial charge on any atom is -0.497 e. The zero-order valence-corrected chi connectivity index (χ0v) is 16.7. The standard InChI is InChI=1S/C21H30N4O2/c1-22-21(23-13-14-27-20-11-9-19(26-4)10-12-20)24-15-17-5-7-18(8-6-17)16-25(2)3/h5-12H,13-16H2,1-4H3,(H2,22,23,24). The predicted molar refractivity (Wildman–Crippen MR) is 111 cm³/mol. The monoisotopic (exact) mass is 370 g/mol. The van der Waals surface area contributed by atoms with Gasteiger partial charge in [0.25, 0.3) is 0 Å². The molecule has 0 amide bonds. The maximum Gasteiger partial charge on any atom is 0.191 e. The predicted octanol–water partition coefficient (Wildman–Crippen LogP) is 2.50. The number of hydrogen-bond donors (Lipinski definition) is 2. The molecule has 2 N–H and O–H groups in total. The van der Waals surface area contributed by atoms with Crippen molar-refractivity contribution in [1.29, 1.82) is 0 Å². The summed E-state index contributed by atoms with van der Waals surface area (Å²) in [5.41, 5.74) is 2.52. The zero-order chi connectivity index (χ0) is 19.5. The summed E-state index contributed by atoms with van der Waals surface area (Å²) >= 11 is 0. The third kappa shape index (κ3) is 7.58. The number of nitrogens with one attached hydrogen (secondary N) is 2. The van der Waals surface area contributed by atoms with Crippen LogP contribution in [0.3, 0.4) is 0 Å². The second kappa shape index (κ2) is 11.1. The molecule has 0 saturated carbocycles. The first-order valence-corrected chi connectivity index (χ1v) is 9.04. The van der Waals surface area contributed by atoms with Crippen LogP contribution in [0.15, 0.2) is 53.5 Å². The molecule has 0 aliphatic carbocycles. The first-order valence-electron chi connectivity index (χ1n) is 9.04. The zero-order valence-electron chi connectivity index (χ0n) is 16.7. The summed E-state index contributed by atoms with van der Waals surface area (Å²) in [6.07, 6.45) is 0. The van der Waals surface area contributed by atoms with Crippen molar-refractivity contribution in [3.63, 3.8) is 0 Å². The summed E-state index contributed by atoms with van der Waals surface area (Å²) in [5.74, 6) is 2.39. The van der Waals surface area contributed by atoms with Gasteiger partial charge in [0.1, 0.15) is 18.1 Å². The van der Waals surface area contributed by atoms with Crippen LogP contribution in [0.25, 0.3) is 0 Å². The van der Waals surface area contributed by atoms with Crippen LogP contribution in [0.4, 0.5) is 0 Å². The maximum atomic E-state index is 5.70. The lowest BCUT2D eigenvalue weighted by Crippen LogP contribution is -2.38. The Balaban J connectivity index is 1.69. The van der Waals surface area contributed by atoms with E-state index in [2.05, 4.69) is 58.9 Å². The Labute approximate surface area is 162 Å². The van der Waals surface area contributed by atoms with Gasteiger partial charge in [-0.2, -0.15) is 0 Å². The number of benzene rings is 2. The van der Waals surface area contributed by atoms with Gasteiger partial charge in [0, 0.05) is 20.1 Å². The fraction of sp³-hybridized carbons (Fsp3) is 0.381. The molecule has 0 fully saturated rings. The van der Waals surface area contributed by atoms with Crippen LogP contribution in [-0.4, -0.2) is 52.3 Å². The molecular formula is C21H30N4O2. The highest BCUT2D eigenvalue weighted by Gasteiger charge is 2.00. The van der Waals surface area contributed by atoms with Crippen LogP contribution >= 0.6 is 0 Å². The van der Waals surface area contributed by atoms with Gasteiger partial charge in [-0.15, -0.1) is 0 Å². The van der Waals surface area contributed by atoms with Crippen molar-refractivity contribution in [1.82, 2.24) is 15.5 Å². The summed E-state index contributed by atoms with van der Waals surface area (Å²) in [4.78, 5) is 6.40. The van der Waals surface area contributed by atoms with E-state index in [9.17, 15) is 0 Å². The van der Waals surface area contributed by atoms with E-state index < -0.39 is 0 Å². The smallest absolute Gasteiger partial charge is 0.191 e. The summed E-state index contributed by atoms with van der Waals surface area (Å²) in [5, 5.41) is 6.57. The number of hydrogen-bond acceptors (Lipinski definition) is 4. The Morgan fingerprint density at radius 1 is 0.926 bits per heavy atom. The van der Waals surface area contributed by atoms with E-state index in [0.717, 1.165) is 30.5 Å². The topological polar surface area (TPSA) is 58.1 Å². The molecule has 146 valence electrons. The lowest BCUT2D eigenvalue weighted by atomic mass is 10.1. The van der Waals surface area contributed by atoms with Gasteiger partial charge in [-0.05, 0) is 49.5 Å². The lowest BCUT2D eigenvalue weighted by molar-refractivity contribution is 0.321. The van der Waals surface area contributed by atoms with Crippen LogP contribution in [0.2, 0.25) is 0 Å². The van der Waals surface area contributed by atoms with Crippen molar-refractivity contribution >= 4 is 5.96 Å². The first-order chi connectivity index (χ1) is 13.1. The molecule has 27 heavy (non-hydrogen) atoms. The molecule has 6 heteroatoms. The minimum absolute atomic E-state index is 0.548. The molecular weight excluding hydrogens is 340 g/mol. The molecule has 0 aliphatic rings. The van der Waals surface area contributed by atoms with Crippen LogP contribution < -0.4 is 20.1 Å². The molecule has 2 aromatic rings. The lowest BCUT2D eigenvalue weighted by Gasteiger charge is -2.13. The first kappa shape index (κ1) is 20.6. The van der Waals surface area contributed by atoms with Crippen molar-refractivity contribution in [2.75, 3.05) is 41.4 Å². The van der Waals surface area contributed by atoms with Gasteiger partial charge in [0.05, 0.1) is 13.7 Å². The highest BCUT2D eigenvalue weighted by Crippen LogP contribution is 2.16. The summed E-state index contributed by atoms with van der Waals surface area (Å²) in [6.45, 7) is 2.88.